The molecule has 1 saturated heterocycles. The van der Waals surface area contributed by atoms with E-state index in [2.05, 4.69) is 35.1 Å². The molecule has 1 saturated carbocycles. The number of hydrogen-bond donors (Lipinski definition) is 1. The highest BCUT2D eigenvalue weighted by Crippen LogP contribution is 2.27. The summed E-state index contributed by atoms with van der Waals surface area (Å²) in [7, 11) is 0. The molecule has 0 radical (unpaired) electrons. The van der Waals surface area contributed by atoms with Gasteiger partial charge in [0, 0.05) is 30.4 Å². The fourth-order valence-electron chi connectivity index (χ4n) is 2.88. The van der Waals surface area contributed by atoms with Crippen molar-refractivity contribution in [2.75, 3.05) is 16.8 Å². The fraction of sp³-hybridized carbons (Fsp3) is 0.733. The van der Waals surface area contributed by atoms with Crippen LogP contribution < -0.4 is 10.2 Å². The van der Waals surface area contributed by atoms with E-state index in [0.717, 1.165) is 24.0 Å². The highest BCUT2D eigenvalue weighted by molar-refractivity contribution is 5.45. The first kappa shape index (κ1) is 12.7. The molecule has 2 heterocycles. The Kier molecular flexibility index (Phi) is 3.58. The zero-order chi connectivity index (χ0) is 13.2. The molecular formula is C15H24N4. The average Bonchev–Trinajstić information content (AvgIpc) is 3.22. The Labute approximate surface area is 115 Å². The van der Waals surface area contributed by atoms with E-state index in [0.29, 0.717) is 12.1 Å². The molecule has 4 heteroatoms. The maximum absolute atomic E-state index is 4.74. The SMILES string of the molecule is CCC1CCCCN1c1nc(C)cc(NC2CC2)n1. The Morgan fingerprint density at radius 1 is 1.26 bits per heavy atom. The summed E-state index contributed by atoms with van der Waals surface area (Å²) >= 11 is 0. The molecule has 1 aliphatic carbocycles. The van der Waals surface area contributed by atoms with Crippen LogP contribution in [0.3, 0.4) is 0 Å². The lowest BCUT2D eigenvalue weighted by atomic mass is 10.0. The van der Waals surface area contributed by atoms with Crippen molar-refractivity contribution < 1.29 is 0 Å². The van der Waals surface area contributed by atoms with Crippen LogP contribution in [-0.4, -0.2) is 28.6 Å². The van der Waals surface area contributed by atoms with Gasteiger partial charge in [0.05, 0.1) is 0 Å². The summed E-state index contributed by atoms with van der Waals surface area (Å²) in [6.07, 6.45) is 7.62. The third kappa shape index (κ3) is 2.99. The first-order chi connectivity index (χ1) is 9.26. The van der Waals surface area contributed by atoms with Gasteiger partial charge in [-0.25, -0.2) is 4.98 Å². The number of anilines is 2. The Morgan fingerprint density at radius 3 is 2.84 bits per heavy atom. The monoisotopic (exact) mass is 260 g/mol. The van der Waals surface area contributed by atoms with Crippen molar-refractivity contribution in [3.05, 3.63) is 11.8 Å². The lowest BCUT2D eigenvalue weighted by Crippen LogP contribution is -2.40. The third-order valence-electron chi connectivity index (χ3n) is 4.13. The van der Waals surface area contributed by atoms with Gasteiger partial charge in [0.15, 0.2) is 0 Å². The van der Waals surface area contributed by atoms with Gasteiger partial charge in [-0.2, -0.15) is 4.98 Å². The molecular weight excluding hydrogens is 236 g/mol. The molecule has 1 atom stereocenters. The maximum atomic E-state index is 4.74. The second-order valence-electron chi connectivity index (χ2n) is 5.86. The van der Waals surface area contributed by atoms with Crippen LogP contribution in [0.4, 0.5) is 11.8 Å². The minimum atomic E-state index is 0.615. The normalized spacial score (nSPS) is 23.5. The quantitative estimate of drug-likeness (QED) is 0.903. The predicted molar refractivity (Wildman–Crippen MR) is 78.7 cm³/mol. The van der Waals surface area contributed by atoms with Crippen LogP contribution >= 0.6 is 0 Å². The van der Waals surface area contributed by atoms with Gasteiger partial charge in [0.2, 0.25) is 5.95 Å². The van der Waals surface area contributed by atoms with Gasteiger partial charge < -0.3 is 10.2 Å². The minimum absolute atomic E-state index is 0.615. The van der Waals surface area contributed by atoms with Crippen LogP contribution in [0.25, 0.3) is 0 Å². The summed E-state index contributed by atoms with van der Waals surface area (Å²) in [5, 5.41) is 3.49. The summed E-state index contributed by atoms with van der Waals surface area (Å²) in [5.74, 6) is 1.93. The average molecular weight is 260 g/mol. The maximum Gasteiger partial charge on any atom is 0.227 e. The van der Waals surface area contributed by atoms with Crippen LogP contribution in [0, 0.1) is 6.92 Å². The number of nitrogens with one attached hydrogen (secondary N) is 1. The fourth-order valence-corrected chi connectivity index (χ4v) is 2.88. The van der Waals surface area contributed by atoms with Gasteiger partial charge in [-0.3, -0.25) is 0 Å². The lowest BCUT2D eigenvalue weighted by Gasteiger charge is -2.35. The molecule has 1 N–H and O–H groups in total. The molecule has 0 amide bonds. The Bertz CT molecular complexity index is 442. The standard InChI is InChI=1S/C15H24N4/c1-3-13-6-4-5-9-19(13)15-16-11(2)10-14(18-15)17-12-7-8-12/h10,12-13H,3-9H2,1-2H3,(H,16,17,18). The number of aromatic nitrogens is 2. The van der Waals surface area contributed by atoms with Crippen molar-refractivity contribution in [2.24, 2.45) is 0 Å². The lowest BCUT2D eigenvalue weighted by molar-refractivity contribution is 0.443. The topological polar surface area (TPSA) is 41.1 Å². The Balaban J connectivity index is 1.83. The van der Waals surface area contributed by atoms with E-state index < -0.39 is 0 Å². The number of nitrogens with zero attached hydrogens (tertiary/aromatic N) is 3. The largest absolute Gasteiger partial charge is 0.367 e. The van der Waals surface area contributed by atoms with Crippen molar-refractivity contribution >= 4 is 11.8 Å². The molecule has 0 aromatic carbocycles. The van der Waals surface area contributed by atoms with E-state index in [1.54, 1.807) is 0 Å². The van der Waals surface area contributed by atoms with Crippen LogP contribution in [0.1, 0.15) is 51.1 Å². The Hall–Kier alpha value is -1.32. The molecule has 2 fully saturated rings. The number of hydrogen-bond acceptors (Lipinski definition) is 4. The first-order valence-corrected chi connectivity index (χ1v) is 7.65. The highest BCUT2D eigenvalue weighted by Gasteiger charge is 2.25. The number of aryl methyl sites for hydroxylation is 1. The molecule has 1 unspecified atom stereocenters. The van der Waals surface area contributed by atoms with Gasteiger partial charge >= 0.3 is 0 Å². The molecule has 1 aromatic rings. The molecule has 19 heavy (non-hydrogen) atoms. The zero-order valence-corrected chi connectivity index (χ0v) is 12.0. The molecule has 1 aromatic heterocycles. The van der Waals surface area contributed by atoms with Gasteiger partial charge in [0.1, 0.15) is 5.82 Å². The van der Waals surface area contributed by atoms with Crippen molar-refractivity contribution in [3.8, 4) is 0 Å². The summed E-state index contributed by atoms with van der Waals surface area (Å²) in [6, 6.07) is 3.32. The summed E-state index contributed by atoms with van der Waals surface area (Å²) < 4.78 is 0. The van der Waals surface area contributed by atoms with Gasteiger partial charge in [-0.1, -0.05) is 6.92 Å². The first-order valence-electron chi connectivity index (χ1n) is 7.65. The summed E-state index contributed by atoms with van der Waals surface area (Å²) in [5.41, 5.74) is 1.06. The van der Waals surface area contributed by atoms with E-state index in [1.807, 2.05) is 0 Å². The van der Waals surface area contributed by atoms with E-state index in [9.17, 15) is 0 Å². The van der Waals surface area contributed by atoms with Crippen LogP contribution in [0.15, 0.2) is 6.07 Å². The molecule has 1 aliphatic heterocycles. The van der Waals surface area contributed by atoms with E-state index >= 15 is 0 Å². The van der Waals surface area contributed by atoms with Crippen molar-refractivity contribution in [3.63, 3.8) is 0 Å². The van der Waals surface area contributed by atoms with Crippen molar-refractivity contribution in [2.45, 2.75) is 64.5 Å². The second kappa shape index (κ2) is 5.35. The second-order valence-corrected chi connectivity index (χ2v) is 5.86. The minimum Gasteiger partial charge on any atom is -0.367 e. The molecule has 0 bridgehead atoms. The number of piperidine rings is 1. The van der Waals surface area contributed by atoms with Crippen molar-refractivity contribution in [1.29, 1.82) is 0 Å². The van der Waals surface area contributed by atoms with Gasteiger partial charge in [-0.15, -0.1) is 0 Å². The molecule has 4 nitrogen and oxygen atoms in total. The summed E-state index contributed by atoms with van der Waals surface area (Å²) in [6.45, 7) is 5.43. The van der Waals surface area contributed by atoms with E-state index in [1.165, 1.54) is 38.5 Å². The summed E-state index contributed by atoms with van der Waals surface area (Å²) in [4.78, 5) is 11.8. The smallest absolute Gasteiger partial charge is 0.227 e. The number of rotatable bonds is 4. The third-order valence-corrected chi connectivity index (χ3v) is 4.13. The van der Waals surface area contributed by atoms with Crippen molar-refractivity contribution in [1.82, 2.24) is 9.97 Å². The van der Waals surface area contributed by atoms with E-state index in [-0.39, 0.29) is 0 Å². The van der Waals surface area contributed by atoms with Crippen LogP contribution in [0.5, 0.6) is 0 Å². The van der Waals surface area contributed by atoms with Crippen LogP contribution in [-0.2, 0) is 0 Å². The van der Waals surface area contributed by atoms with Gasteiger partial charge in [-0.05, 0) is 45.4 Å². The zero-order valence-electron chi connectivity index (χ0n) is 12.0. The van der Waals surface area contributed by atoms with Gasteiger partial charge in [0.25, 0.3) is 0 Å². The molecule has 0 spiro atoms. The Morgan fingerprint density at radius 2 is 2.11 bits per heavy atom. The predicted octanol–water partition coefficient (Wildman–Crippen LogP) is 3.13. The molecule has 3 rings (SSSR count). The molecule has 104 valence electrons. The molecule has 2 aliphatic rings. The van der Waals surface area contributed by atoms with Crippen LogP contribution in [0.2, 0.25) is 0 Å². The highest BCUT2D eigenvalue weighted by atomic mass is 15.3. The van der Waals surface area contributed by atoms with E-state index in [4.69, 9.17) is 4.98 Å².